The van der Waals surface area contributed by atoms with E-state index >= 15 is 0 Å². The number of likely N-dealkylation sites (N-methyl/N-ethyl adjacent to an activating group) is 1. The van der Waals surface area contributed by atoms with Crippen LogP contribution >= 0.6 is 0 Å². The van der Waals surface area contributed by atoms with E-state index in [1.54, 1.807) is 13.1 Å². The number of ketones is 1. The van der Waals surface area contributed by atoms with E-state index < -0.39 is 0 Å². The van der Waals surface area contributed by atoms with E-state index in [4.69, 9.17) is 4.98 Å². The Bertz CT molecular complexity index is 891. The van der Waals surface area contributed by atoms with Gasteiger partial charge in [0.1, 0.15) is 5.52 Å². The molecule has 0 bridgehead atoms. The van der Waals surface area contributed by atoms with E-state index in [1.165, 1.54) is 0 Å². The minimum absolute atomic E-state index is 0.00718. The Hall–Kier alpha value is -2.79. The zero-order valence-corrected chi connectivity index (χ0v) is 14.8. The van der Waals surface area contributed by atoms with Gasteiger partial charge in [-0.05, 0) is 45.3 Å². The molecule has 3 rings (SSSR count). The highest BCUT2D eigenvalue weighted by molar-refractivity contribution is 6.08. The molecule has 0 aliphatic heterocycles. The van der Waals surface area contributed by atoms with Crippen LogP contribution in [-0.4, -0.2) is 41.3 Å². The number of para-hydroxylation sites is 1. The van der Waals surface area contributed by atoms with Gasteiger partial charge in [0, 0.05) is 24.8 Å². The molecule has 128 valence electrons. The Morgan fingerprint density at radius 2 is 1.88 bits per heavy atom. The predicted octanol–water partition coefficient (Wildman–Crippen LogP) is 3.68. The summed E-state index contributed by atoms with van der Waals surface area (Å²) in [7, 11) is 4.03. The van der Waals surface area contributed by atoms with Crippen LogP contribution in [0.25, 0.3) is 11.0 Å². The highest BCUT2D eigenvalue weighted by Gasteiger charge is 2.19. The molecule has 0 spiro atoms. The maximum atomic E-state index is 12.4. The van der Waals surface area contributed by atoms with Gasteiger partial charge in [-0.1, -0.05) is 18.2 Å². The van der Waals surface area contributed by atoms with Crippen molar-refractivity contribution in [1.29, 1.82) is 0 Å². The van der Waals surface area contributed by atoms with Gasteiger partial charge in [-0.3, -0.25) is 14.8 Å². The monoisotopic (exact) mass is 334 g/mol. The number of hydrogen-bond acceptors (Lipinski definition) is 5. The number of fused-ring (bicyclic) bond motifs is 1. The van der Waals surface area contributed by atoms with Crippen molar-refractivity contribution in [1.82, 2.24) is 14.9 Å². The summed E-state index contributed by atoms with van der Waals surface area (Å²) in [6.07, 6.45) is 2.43. The number of carbonyl (C=O) groups excluding carboxylic acids is 1. The van der Waals surface area contributed by atoms with Crippen molar-refractivity contribution < 1.29 is 4.79 Å². The number of nitrogens with one attached hydrogen (secondary N) is 1. The Labute approximate surface area is 147 Å². The first-order chi connectivity index (χ1) is 12.1. The maximum Gasteiger partial charge on any atom is 0.163 e. The number of aromatic nitrogens is 2. The van der Waals surface area contributed by atoms with Gasteiger partial charge >= 0.3 is 0 Å². The molecular formula is C20H22N4O. The number of pyridine rings is 2. The highest BCUT2D eigenvalue weighted by Crippen LogP contribution is 2.30. The maximum absolute atomic E-state index is 12.4. The van der Waals surface area contributed by atoms with Crippen LogP contribution in [0.2, 0.25) is 0 Å². The summed E-state index contributed by atoms with van der Waals surface area (Å²) in [4.78, 5) is 23.7. The number of anilines is 2. The molecule has 3 aromatic rings. The van der Waals surface area contributed by atoms with Gasteiger partial charge in [0.2, 0.25) is 0 Å². The summed E-state index contributed by atoms with van der Waals surface area (Å²) in [5, 5.41) is 3.39. The van der Waals surface area contributed by atoms with Gasteiger partial charge in [-0.2, -0.15) is 0 Å². The molecule has 0 radical (unpaired) electrons. The van der Waals surface area contributed by atoms with Crippen molar-refractivity contribution in [2.24, 2.45) is 0 Å². The van der Waals surface area contributed by atoms with E-state index in [9.17, 15) is 4.79 Å². The zero-order valence-electron chi connectivity index (χ0n) is 14.8. The van der Waals surface area contributed by atoms with Gasteiger partial charge in [0.15, 0.2) is 5.78 Å². The van der Waals surface area contributed by atoms with E-state index in [1.807, 2.05) is 56.6 Å². The van der Waals surface area contributed by atoms with Gasteiger partial charge < -0.3 is 10.2 Å². The molecule has 0 aliphatic rings. The molecule has 0 fully saturated rings. The molecule has 5 heteroatoms. The number of rotatable bonds is 6. The first-order valence-electron chi connectivity index (χ1n) is 8.31. The average Bonchev–Trinajstić information content (AvgIpc) is 2.60. The van der Waals surface area contributed by atoms with Crippen LogP contribution < -0.4 is 5.32 Å². The molecule has 0 saturated heterocycles. The Morgan fingerprint density at radius 1 is 1.12 bits per heavy atom. The fourth-order valence-corrected chi connectivity index (χ4v) is 2.82. The Morgan fingerprint density at radius 3 is 2.56 bits per heavy atom. The summed E-state index contributed by atoms with van der Waals surface area (Å²) < 4.78 is 0. The number of Topliss-reactive ketones (excluding diaryl/α,β-unsaturated/α-hetero) is 1. The van der Waals surface area contributed by atoms with Crippen LogP contribution in [0.15, 0.2) is 48.7 Å². The van der Waals surface area contributed by atoms with E-state index in [-0.39, 0.29) is 5.78 Å². The van der Waals surface area contributed by atoms with Crippen molar-refractivity contribution in [2.45, 2.75) is 13.3 Å². The first kappa shape index (κ1) is 17.0. The molecule has 0 atom stereocenters. The van der Waals surface area contributed by atoms with Crippen LogP contribution in [0.1, 0.15) is 23.0 Å². The Balaban J connectivity index is 2.19. The van der Waals surface area contributed by atoms with Crippen LogP contribution in [0, 0.1) is 0 Å². The molecule has 0 unspecified atom stereocenters. The number of nitrogens with zero attached hydrogens (tertiary/aromatic N) is 3. The van der Waals surface area contributed by atoms with Crippen LogP contribution in [0.4, 0.5) is 11.4 Å². The third kappa shape index (κ3) is 3.83. The highest BCUT2D eigenvalue weighted by atomic mass is 16.1. The van der Waals surface area contributed by atoms with Gasteiger partial charge in [0.05, 0.1) is 22.5 Å². The third-order valence-electron chi connectivity index (χ3n) is 4.01. The fourth-order valence-electron chi connectivity index (χ4n) is 2.82. The van der Waals surface area contributed by atoms with Crippen molar-refractivity contribution in [2.75, 3.05) is 26.0 Å². The summed E-state index contributed by atoms with van der Waals surface area (Å²) in [6.45, 7) is 2.41. The first-order valence-corrected chi connectivity index (χ1v) is 8.31. The summed E-state index contributed by atoms with van der Waals surface area (Å²) in [6, 6.07) is 13.6. The molecule has 0 amide bonds. The smallest absolute Gasteiger partial charge is 0.163 e. The van der Waals surface area contributed by atoms with Gasteiger partial charge in [-0.15, -0.1) is 0 Å². The lowest BCUT2D eigenvalue weighted by molar-refractivity contribution is 0.101. The number of carbonyl (C=O) groups is 1. The summed E-state index contributed by atoms with van der Waals surface area (Å²) in [5.74, 6) is -0.00718. The lowest BCUT2D eigenvalue weighted by Crippen LogP contribution is -2.18. The van der Waals surface area contributed by atoms with Crippen molar-refractivity contribution in [3.8, 4) is 0 Å². The second-order valence-electron chi connectivity index (χ2n) is 6.28. The molecule has 1 N–H and O–H groups in total. The van der Waals surface area contributed by atoms with Crippen molar-refractivity contribution in [3.05, 3.63) is 59.9 Å². The molecule has 5 nitrogen and oxygen atoms in total. The van der Waals surface area contributed by atoms with Crippen LogP contribution in [0.5, 0.6) is 0 Å². The van der Waals surface area contributed by atoms with Crippen LogP contribution in [-0.2, 0) is 6.42 Å². The normalized spacial score (nSPS) is 11.0. The number of hydrogen-bond donors (Lipinski definition) is 1. The predicted molar refractivity (Wildman–Crippen MR) is 102 cm³/mol. The molecule has 0 saturated carbocycles. The fraction of sp³-hybridized carbons (Fsp3) is 0.250. The van der Waals surface area contributed by atoms with Crippen LogP contribution in [0.3, 0.4) is 0 Å². The quantitative estimate of drug-likeness (QED) is 0.697. The standard InChI is InChI=1S/C20H22N4O/c1-14(25)18-16(11-13-24(2)3)23-17-10-7-12-21-19(17)20(18)22-15-8-5-4-6-9-15/h4-10,12H,11,13H2,1-3H3,(H,22,23). The molecule has 0 aliphatic carbocycles. The third-order valence-corrected chi connectivity index (χ3v) is 4.01. The van der Waals surface area contributed by atoms with Gasteiger partial charge in [-0.25, -0.2) is 0 Å². The van der Waals surface area contributed by atoms with E-state index in [0.29, 0.717) is 17.5 Å². The molecular weight excluding hydrogens is 312 g/mol. The van der Waals surface area contributed by atoms with E-state index in [0.717, 1.165) is 29.1 Å². The van der Waals surface area contributed by atoms with Gasteiger partial charge in [0.25, 0.3) is 0 Å². The second-order valence-corrected chi connectivity index (χ2v) is 6.28. The molecule has 2 heterocycles. The minimum atomic E-state index is -0.00718. The molecule has 2 aromatic heterocycles. The van der Waals surface area contributed by atoms with E-state index in [2.05, 4.69) is 15.2 Å². The molecule has 1 aromatic carbocycles. The summed E-state index contributed by atoms with van der Waals surface area (Å²) in [5.41, 5.74) is 4.58. The van der Waals surface area contributed by atoms with Crippen molar-refractivity contribution in [3.63, 3.8) is 0 Å². The van der Waals surface area contributed by atoms with Crippen molar-refractivity contribution >= 4 is 28.2 Å². The zero-order chi connectivity index (χ0) is 17.8. The number of benzene rings is 1. The summed E-state index contributed by atoms with van der Waals surface area (Å²) >= 11 is 0. The lowest BCUT2D eigenvalue weighted by atomic mass is 10.0. The molecule has 25 heavy (non-hydrogen) atoms. The minimum Gasteiger partial charge on any atom is -0.353 e. The lowest BCUT2D eigenvalue weighted by Gasteiger charge is -2.17. The SMILES string of the molecule is CC(=O)c1c(CCN(C)C)nc2cccnc2c1Nc1ccccc1. The average molecular weight is 334 g/mol. The topological polar surface area (TPSA) is 58.1 Å². The Kier molecular flexibility index (Phi) is 5.05. The largest absolute Gasteiger partial charge is 0.353 e. The second kappa shape index (κ2) is 7.40.